The first-order chi connectivity index (χ1) is 12.8. The Bertz CT molecular complexity index is 960. The van der Waals surface area contributed by atoms with Crippen molar-refractivity contribution in [2.45, 2.75) is 37.8 Å². The molecule has 0 N–H and O–H groups in total. The Hall–Kier alpha value is -2.05. The van der Waals surface area contributed by atoms with Crippen LogP contribution in [0.25, 0.3) is 0 Å². The summed E-state index contributed by atoms with van der Waals surface area (Å²) in [4.78, 5) is 0. The normalized spacial score (nSPS) is 12.2. The molecule has 1 heterocycles. The van der Waals surface area contributed by atoms with E-state index in [1.54, 1.807) is 6.07 Å². The molecule has 0 aliphatic rings. The van der Waals surface area contributed by atoms with Crippen molar-refractivity contribution in [2.75, 3.05) is 0 Å². The number of thioether (sulfide) groups is 1. The van der Waals surface area contributed by atoms with Crippen LogP contribution in [0.4, 0.5) is 4.39 Å². The zero-order chi connectivity index (χ0) is 19.6. The van der Waals surface area contributed by atoms with Crippen LogP contribution in [0.15, 0.2) is 41.6 Å². The number of halogens is 2. The number of benzene rings is 2. The van der Waals surface area contributed by atoms with Gasteiger partial charge in [-0.05, 0) is 61.7 Å². The van der Waals surface area contributed by atoms with Crippen molar-refractivity contribution >= 4 is 23.4 Å². The third-order valence-corrected chi connectivity index (χ3v) is 5.82. The molecule has 3 aromatic rings. The molecule has 0 saturated carbocycles. The first-order valence-electron chi connectivity index (χ1n) is 8.55. The van der Waals surface area contributed by atoms with Gasteiger partial charge in [0.2, 0.25) is 0 Å². The highest BCUT2D eigenvalue weighted by molar-refractivity contribution is 7.98. The Kier molecular flexibility index (Phi) is 6.07. The minimum Gasteiger partial charge on any atom is -0.483 e. The average molecular weight is 406 g/mol. The van der Waals surface area contributed by atoms with Gasteiger partial charge in [-0.2, -0.15) is 0 Å². The standard InChI is InChI=1S/C20H21ClFN3OS/c1-12-5-8-17(9-13(12)2)26-14(3)19-23-24-20(25(19)4)27-11-15-6-7-16(22)10-18(15)21/h5-10,14H,11H2,1-4H3. The minimum absolute atomic E-state index is 0.242. The molecule has 0 amide bonds. The summed E-state index contributed by atoms with van der Waals surface area (Å²) in [5.74, 6) is 1.78. The van der Waals surface area contributed by atoms with Crippen LogP contribution in [0, 0.1) is 19.7 Å². The summed E-state index contributed by atoms with van der Waals surface area (Å²) < 4.78 is 21.1. The molecule has 142 valence electrons. The second-order valence-electron chi connectivity index (χ2n) is 6.43. The largest absolute Gasteiger partial charge is 0.483 e. The lowest BCUT2D eigenvalue weighted by atomic mass is 10.1. The smallest absolute Gasteiger partial charge is 0.191 e. The van der Waals surface area contributed by atoms with Crippen LogP contribution >= 0.6 is 23.4 Å². The number of hydrogen-bond acceptors (Lipinski definition) is 4. The molecule has 0 saturated heterocycles. The Labute approximate surface area is 167 Å². The molecule has 7 heteroatoms. The minimum atomic E-state index is -0.341. The lowest BCUT2D eigenvalue weighted by molar-refractivity contribution is 0.211. The Balaban J connectivity index is 1.69. The van der Waals surface area contributed by atoms with Gasteiger partial charge in [-0.1, -0.05) is 35.5 Å². The molecule has 0 aliphatic heterocycles. The lowest BCUT2D eigenvalue weighted by Gasteiger charge is -2.15. The van der Waals surface area contributed by atoms with Crippen LogP contribution in [-0.4, -0.2) is 14.8 Å². The maximum Gasteiger partial charge on any atom is 0.191 e. The van der Waals surface area contributed by atoms with Crippen LogP contribution in [0.1, 0.15) is 35.5 Å². The van der Waals surface area contributed by atoms with Crippen LogP contribution in [0.5, 0.6) is 5.75 Å². The third kappa shape index (κ3) is 4.62. The van der Waals surface area contributed by atoms with Crippen molar-refractivity contribution in [3.05, 3.63) is 69.8 Å². The topological polar surface area (TPSA) is 39.9 Å². The highest BCUT2D eigenvalue weighted by Crippen LogP contribution is 2.28. The van der Waals surface area contributed by atoms with E-state index in [1.165, 1.54) is 35.0 Å². The Morgan fingerprint density at radius 2 is 1.93 bits per heavy atom. The summed E-state index contributed by atoms with van der Waals surface area (Å²) in [6.07, 6.45) is -0.242. The van der Waals surface area contributed by atoms with Crippen LogP contribution in [-0.2, 0) is 12.8 Å². The van der Waals surface area contributed by atoms with E-state index in [4.69, 9.17) is 16.3 Å². The number of hydrogen-bond donors (Lipinski definition) is 0. The summed E-state index contributed by atoms with van der Waals surface area (Å²) in [6.45, 7) is 6.08. The quantitative estimate of drug-likeness (QED) is 0.496. The first kappa shape index (κ1) is 19.7. The molecule has 0 spiro atoms. The molecule has 1 aromatic heterocycles. The molecule has 3 rings (SSSR count). The predicted molar refractivity (Wildman–Crippen MR) is 107 cm³/mol. The Morgan fingerprint density at radius 3 is 2.63 bits per heavy atom. The van der Waals surface area contributed by atoms with E-state index in [2.05, 4.69) is 24.0 Å². The van der Waals surface area contributed by atoms with Crippen molar-refractivity contribution in [3.63, 3.8) is 0 Å². The van der Waals surface area contributed by atoms with Crippen molar-refractivity contribution in [1.82, 2.24) is 14.8 Å². The summed E-state index contributed by atoms with van der Waals surface area (Å²) in [5.41, 5.74) is 3.27. The van der Waals surface area contributed by atoms with E-state index in [0.717, 1.165) is 22.3 Å². The summed E-state index contributed by atoms with van der Waals surface area (Å²) in [5, 5.41) is 9.69. The fourth-order valence-corrected chi connectivity index (χ4v) is 3.87. The third-order valence-electron chi connectivity index (χ3n) is 4.40. The molecule has 1 unspecified atom stereocenters. The van der Waals surface area contributed by atoms with Crippen molar-refractivity contribution < 1.29 is 9.13 Å². The number of aromatic nitrogens is 3. The Morgan fingerprint density at radius 1 is 1.15 bits per heavy atom. The number of aryl methyl sites for hydroxylation is 2. The molecule has 0 bridgehead atoms. The van der Waals surface area contributed by atoms with Gasteiger partial charge in [0.1, 0.15) is 11.6 Å². The number of rotatable bonds is 6. The van der Waals surface area contributed by atoms with Crippen LogP contribution < -0.4 is 4.74 Å². The molecular weight excluding hydrogens is 385 g/mol. The van der Waals surface area contributed by atoms with Crippen molar-refractivity contribution in [1.29, 1.82) is 0 Å². The monoisotopic (exact) mass is 405 g/mol. The summed E-state index contributed by atoms with van der Waals surface area (Å²) >= 11 is 7.59. The fourth-order valence-electron chi connectivity index (χ4n) is 2.63. The van der Waals surface area contributed by atoms with Gasteiger partial charge >= 0.3 is 0 Å². The van der Waals surface area contributed by atoms with Crippen molar-refractivity contribution in [3.8, 4) is 5.75 Å². The van der Waals surface area contributed by atoms with Gasteiger partial charge in [0.25, 0.3) is 0 Å². The summed E-state index contributed by atoms with van der Waals surface area (Å²) in [6, 6.07) is 10.4. The van der Waals surface area contributed by atoms with Gasteiger partial charge in [-0.15, -0.1) is 10.2 Å². The average Bonchev–Trinajstić information content (AvgIpc) is 2.98. The van der Waals surface area contributed by atoms with Crippen LogP contribution in [0.3, 0.4) is 0 Å². The molecule has 0 fully saturated rings. The van der Waals surface area contributed by atoms with Gasteiger partial charge in [0.05, 0.1) is 0 Å². The summed E-state index contributed by atoms with van der Waals surface area (Å²) in [7, 11) is 1.91. The lowest BCUT2D eigenvalue weighted by Crippen LogP contribution is -2.10. The molecule has 1 atom stereocenters. The molecule has 27 heavy (non-hydrogen) atoms. The highest BCUT2D eigenvalue weighted by atomic mass is 35.5. The fraction of sp³-hybridized carbons (Fsp3) is 0.300. The number of nitrogens with zero attached hydrogens (tertiary/aromatic N) is 3. The molecule has 2 aromatic carbocycles. The van der Waals surface area contributed by atoms with E-state index in [-0.39, 0.29) is 11.9 Å². The maximum absolute atomic E-state index is 13.2. The van der Waals surface area contributed by atoms with E-state index in [1.807, 2.05) is 36.7 Å². The van der Waals surface area contributed by atoms with Gasteiger partial charge < -0.3 is 9.30 Å². The predicted octanol–water partition coefficient (Wildman–Crippen LogP) is 5.66. The van der Waals surface area contributed by atoms with E-state index in [9.17, 15) is 4.39 Å². The van der Waals surface area contributed by atoms with E-state index >= 15 is 0 Å². The van der Waals surface area contributed by atoms with Gasteiger partial charge in [0.15, 0.2) is 17.1 Å². The zero-order valence-corrected chi connectivity index (χ0v) is 17.2. The van der Waals surface area contributed by atoms with Crippen LogP contribution in [0.2, 0.25) is 5.02 Å². The van der Waals surface area contributed by atoms with Crippen molar-refractivity contribution in [2.24, 2.45) is 7.05 Å². The van der Waals surface area contributed by atoms with Gasteiger partial charge in [-0.3, -0.25) is 0 Å². The highest BCUT2D eigenvalue weighted by Gasteiger charge is 2.18. The molecule has 0 aliphatic carbocycles. The van der Waals surface area contributed by atoms with Gasteiger partial charge in [-0.25, -0.2) is 4.39 Å². The second-order valence-corrected chi connectivity index (χ2v) is 7.78. The molecule has 4 nitrogen and oxygen atoms in total. The zero-order valence-electron chi connectivity index (χ0n) is 15.7. The molecule has 0 radical (unpaired) electrons. The molecular formula is C20H21ClFN3OS. The number of ether oxygens (including phenoxy) is 1. The SMILES string of the molecule is Cc1ccc(OC(C)c2nnc(SCc3ccc(F)cc3Cl)n2C)cc1C. The second kappa shape index (κ2) is 8.31. The first-order valence-corrected chi connectivity index (χ1v) is 9.91. The maximum atomic E-state index is 13.2. The van der Waals surface area contributed by atoms with Gasteiger partial charge in [0, 0.05) is 17.8 Å². The van der Waals surface area contributed by atoms with E-state index in [0.29, 0.717) is 10.8 Å². The van der Waals surface area contributed by atoms with E-state index < -0.39 is 0 Å².